The minimum Gasteiger partial charge on any atom is -0.396 e. The van der Waals surface area contributed by atoms with Crippen molar-refractivity contribution in [1.82, 2.24) is 15.1 Å². The van der Waals surface area contributed by atoms with Gasteiger partial charge in [-0.05, 0) is 38.8 Å². The molecule has 1 heterocycles. The number of hydrogen-bond donors (Lipinski definition) is 2. The summed E-state index contributed by atoms with van der Waals surface area (Å²) in [4.78, 5) is 14.7. The zero-order chi connectivity index (χ0) is 15.9. The van der Waals surface area contributed by atoms with Gasteiger partial charge in [-0.1, -0.05) is 0 Å². The van der Waals surface area contributed by atoms with Crippen molar-refractivity contribution in [2.24, 2.45) is 5.92 Å². The summed E-state index contributed by atoms with van der Waals surface area (Å²) in [5.41, 5.74) is 0. The Morgan fingerprint density at radius 3 is 2.81 bits per heavy atom. The highest BCUT2D eigenvalue weighted by Gasteiger charge is 2.28. The fraction of sp³-hybridized carbons (Fsp3) is 0.923. The standard InChI is InChI=1S/C13H24F3N3O2/c1-18(10-13(14,15)16)6-3-5-17-12(21)19-7-2-4-11(8-19)9-20/h11,20H,2-10H2,1H3,(H,17,21). The Morgan fingerprint density at radius 2 is 2.19 bits per heavy atom. The lowest BCUT2D eigenvalue weighted by Crippen LogP contribution is -2.46. The number of hydrogen-bond acceptors (Lipinski definition) is 3. The van der Waals surface area contributed by atoms with Gasteiger partial charge in [0, 0.05) is 26.2 Å². The van der Waals surface area contributed by atoms with Crippen LogP contribution in [0.25, 0.3) is 0 Å². The Morgan fingerprint density at radius 1 is 1.48 bits per heavy atom. The molecule has 1 unspecified atom stereocenters. The van der Waals surface area contributed by atoms with Crippen molar-refractivity contribution in [3.63, 3.8) is 0 Å². The van der Waals surface area contributed by atoms with Crippen LogP contribution in [0.2, 0.25) is 0 Å². The van der Waals surface area contributed by atoms with E-state index in [4.69, 9.17) is 5.11 Å². The lowest BCUT2D eigenvalue weighted by molar-refractivity contribution is -0.143. The van der Waals surface area contributed by atoms with Crippen LogP contribution >= 0.6 is 0 Å². The van der Waals surface area contributed by atoms with E-state index in [9.17, 15) is 18.0 Å². The fourth-order valence-electron chi connectivity index (χ4n) is 2.44. The van der Waals surface area contributed by atoms with Gasteiger partial charge >= 0.3 is 12.2 Å². The van der Waals surface area contributed by atoms with Crippen molar-refractivity contribution in [2.45, 2.75) is 25.4 Å². The van der Waals surface area contributed by atoms with Gasteiger partial charge in [-0.2, -0.15) is 13.2 Å². The Hall–Kier alpha value is -1.02. The van der Waals surface area contributed by atoms with Gasteiger partial charge in [0.15, 0.2) is 0 Å². The number of carbonyl (C=O) groups is 1. The molecule has 124 valence electrons. The minimum absolute atomic E-state index is 0.0754. The normalized spacial score (nSPS) is 19.9. The summed E-state index contributed by atoms with van der Waals surface area (Å²) < 4.78 is 36.4. The van der Waals surface area contributed by atoms with E-state index in [-0.39, 0.29) is 25.1 Å². The zero-order valence-corrected chi connectivity index (χ0v) is 12.3. The maximum Gasteiger partial charge on any atom is 0.401 e. The zero-order valence-electron chi connectivity index (χ0n) is 12.3. The maximum atomic E-state index is 12.1. The molecule has 1 rings (SSSR count). The molecule has 0 aromatic carbocycles. The third-order valence-corrected chi connectivity index (χ3v) is 3.51. The highest BCUT2D eigenvalue weighted by molar-refractivity contribution is 5.74. The van der Waals surface area contributed by atoms with Crippen molar-refractivity contribution >= 4 is 6.03 Å². The molecule has 1 atom stereocenters. The molecule has 0 aromatic rings. The van der Waals surface area contributed by atoms with Crippen LogP contribution in [-0.4, -0.2) is 73.5 Å². The number of nitrogens with zero attached hydrogens (tertiary/aromatic N) is 2. The summed E-state index contributed by atoms with van der Waals surface area (Å²) in [6, 6.07) is -0.202. The fourth-order valence-corrected chi connectivity index (χ4v) is 2.44. The first-order valence-corrected chi connectivity index (χ1v) is 7.20. The number of aliphatic hydroxyl groups excluding tert-OH is 1. The smallest absolute Gasteiger partial charge is 0.396 e. The van der Waals surface area contributed by atoms with E-state index in [1.165, 1.54) is 11.9 Å². The average Bonchev–Trinajstić information content (AvgIpc) is 2.41. The van der Waals surface area contributed by atoms with Crippen LogP contribution < -0.4 is 5.32 Å². The van der Waals surface area contributed by atoms with Gasteiger partial charge in [0.05, 0.1) is 6.54 Å². The van der Waals surface area contributed by atoms with Crippen LogP contribution in [0, 0.1) is 5.92 Å². The van der Waals surface area contributed by atoms with E-state index in [2.05, 4.69) is 5.32 Å². The quantitative estimate of drug-likeness (QED) is 0.727. The van der Waals surface area contributed by atoms with Crippen LogP contribution in [0.3, 0.4) is 0 Å². The third-order valence-electron chi connectivity index (χ3n) is 3.51. The van der Waals surface area contributed by atoms with Crippen LogP contribution in [0.4, 0.5) is 18.0 Å². The number of carbonyl (C=O) groups excluding carboxylic acids is 1. The molecule has 2 N–H and O–H groups in total. The molecule has 0 bridgehead atoms. The Balaban J connectivity index is 2.16. The van der Waals surface area contributed by atoms with E-state index in [1.807, 2.05) is 0 Å². The van der Waals surface area contributed by atoms with E-state index in [0.29, 0.717) is 26.1 Å². The summed E-state index contributed by atoms with van der Waals surface area (Å²) in [5, 5.41) is 11.8. The first-order valence-electron chi connectivity index (χ1n) is 7.20. The van der Waals surface area contributed by atoms with Gasteiger partial charge in [0.25, 0.3) is 0 Å². The van der Waals surface area contributed by atoms with Crippen LogP contribution in [0.15, 0.2) is 0 Å². The Kier molecular flexibility index (Phi) is 7.24. The van der Waals surface area contributed by atoms with Gasteiger partial charge in [0.2, 0.25) is 0 Å². The number of piperidine rings is 1. The minimum atomic E-state index is -4.19. The SMILES string of the molecule is CN(CCCNC(=O)N1CCCC(CO)C1)CC(F)(F)F. The average molecular weight is 311 g/mol. The molecule has 0 radical (unpaired) electrons. The molecule has 1 aliphatic heterocycles. The molecular weight excluding hydrogens is 287 g/mol. The number of nitrogens with one attached hydrogen (secondary N) is 1. The summed E-state index contributed by atoms with van der Waals surface area (Å²) in [5.74, 6) is 0.127. The molecule has 0 saturated carbocycles. The number of aliphatic hydroxyl groups is 1. The second-order valence-electron chi connectivity index (χ2n) is 5.58. The Labute approximate surface area is 123 Å². The van der Waals surface area contributed by atoms with Gasteiger partial charge in [-0.15, -0.1) is 0 Å². The predicted molar refractivity (Wildman–Crippen MR) is 73.0 cm³/mol. The van der Waals surface area contributed by atoms with Gasteiger partial charge in [-0.3, -0.25) is 4.90 Å². The van der Waals surface area contributed by atoms with Gasteiger partial charge in [0.1, 0.15) is 0 Å². The first-order chi connectivity index (χ1) is 9.81. The molecular formula is C13H24F3N3O2. The van der Waals surface area contributed by atoms with Crippen molar-refractivity contribution < 1.29 is 23.1 Å². The number of alkyl halides is 3. The summed E-state index contributed by atoms with van der Waals surface area (Å²) in [7, 11) is 1.41. The Bertz CT molecular complexity index is 326. The molecule has 8 heteroatoms. The number of amides is 2. The molecule has 2 amide bonds. The molecule has 1 fully saturated rings. The topological polar surface area (TPSA) is 55.8 Å². The highest BCUT2D eigenvalue weighted by atomic mass is 19.4. The molecule has 5 nitrogen and oxygen atoms in total. The highest BCUT2D eigenvalue weighted by Crippen LogP contribution is 2.16. The van der Waals surface area contributed by atoms with E-state index < -0.39 is 12.7 Å². The van der Waals surface area contributed by atoms with Crippen LogP contribution in [0.1, 0.15) is 19.3 Å². The lowest BCUT2D eigenvalue weighted by atomic mass is 9.99. The van der Waals surface area contributed by atoms with Gasteiger partial charge in [-0.25, -0.2) is 4.79 Å². The summed E-state index contributed by atoms with van der Waals surface area (Å²) in [6.45, 7) is 0.963. The van der Waals surface area contributed by atoms with E-state index in [1.54, 1.807) is 4.90 Å². The molecule has 1 saturated heterocycles. The second-order valence-corrected chi connectivity index (χ2v) is 5.58. The lowest BCUT2D eigenvalue weighted by Gasteiger charge is -2.31. The van der Waals surface area contributed by atoms with Crippen molar-refractivity contribution in [2.75, 3.05) is 46.4 Å². The summed E-state index contributed by atoms with van der Waals surface area (Å²) >= 11 is 0. The number of rotatable bonds is 6. The monoisotopic (exact) mass is 311 g/mol. The van der Waals surface area contributed by atoms with Crippen LogP contribution in [0.5, 0.6) is 0 Å². The predicted octanol–water partition coefficient (Wildman–Crippen LogP) is 1.28. The molecule has 21 heavy (non-hydrogen) atoms. The van der Waals surface area contributed by atoms with Crippen LogP contribution in [-0.2, 0) is 0 Å². The van der Waals surface area contributed by atoms with Crippen molar-refractivity contribution in [3.8, 4) is 0 Å². The maximum absolute atomic E-state index is 12.1. The van der Waals surface area contributed by atoms with Crippen molar-refractivity contribution in [3.05, 3.63) is 0 Å². The number of likely N-dealkylation sites (tertiary alicyclic amines) is 1. The largest absolute Gasteiger partial charge is 0.401 e. The molecule has 0 aromatic heterocycles. The van der Waals surface area contributed by atoms with Crippen molar-refractivity contribution in [1.29, 1.82) is 0 Å². The molecule has 0 spiro atoms. The first kappa shape index (κ1) is 18.0. The molecule has 1 aliphatic rings. The second kappa shape index (κ2) is 8.43. The summed E-state index contributed by atoms with van der Waals surface area (Å²) in [6.07, 6.45) is -1.93. The number of urea groups is 1. The molecule has 0 aliphatic carbocycles. The number of halogens is 3. The van der Waals surface area contributed by atoms with Gasteiger partial charge < -0.3 is 15.3 Å². The van der Waals surface area contributed by atoms with E-state index >= 15 is 0 Å². The third kappa shape index (κ3) is 7.52. The van der Waals surface area contributed by atoms with E-state index in [0.717, 1.165) is 12.8 Å².